The molecule has 0 radical (unpaired) electrons. The standard InChI is InChI=1S/C25H29N3O2/c1-4-14-28-23-16-19(24(29)26-20-11-8-18(9-12-20)17(2)3)10-13-21(23)27-15-6-5-7-22(27)25(28)30/h4,8-13,16-17,22H,1,5-7,14-15H2,2-3H3,(H,26,29)/t22-/m1/s1. The van der Waals surface area contributed by atoms with E-state index in [-0.39, 0.29) is 17.9 Å². The third-order valence-electron chi connectivity index (χ3n) is 6.04. The molecule has 2 heterocycles. The van der Waals surface area contributed by atoms with Gasteiger partial charge >= 0.3 is 0 Å². The van der Waals surface area contributed by atoms with E-state index in [4.69, 9.17) is 0 Å². The lowest BCUT2D eigenvalue weighted by atomic mass is 9.95. The maximum Gasteiger partial charge on any atom is 0.255 e. The Morgan fingerprint density at radius 3 is 2.63 bits per heavy atom. The average Bonchev–Trinajstić information content (AvgIpc) is 2.76. The van der Waals surface area contributed by atoms with E-state index < -0.39 is 0 Å². The minimum atomic E-state index is -0.179. The topological polar surface area (TPSA) is 52.7 Å². The van der Waals surface area contributed by atoms with Gasteiger partial charge in [0.05, 0.1) is 11.4 Å². The Morgan fingerprint density at radius 1 is 1.17 bits per heavy atom. The number of carbonyl (C=O) groups excluding carboxylic acids is 2. The van der Waals surface area contributed by atoms with Crippen LogP contribution in [0.3, 0.4) is 0 Å². The van der Waals surface area contributed by atoms with Crippen LogP contribution in [-0.2, 0) is 4.79 Å². The fourth-order valence-corrected chi connectivity index (χ4v) is 4.37. The molecule has 1 N–H and O–H groups in total. The maximum absolute atomic E-state index is 13.1. The summed E-state index contributed by atoms with van der Waals surface area (Å²) in [7, 11) is 0. The second-order valence-electron chi connectivity index (χ2n) is 8.38. The van der Waals surface area contributed by atoms with Gasteiger partial charge < -0.3 is 15.1 Å². The zero-order chi connectivity index (χ0) is 21.3. The number of nitrogens with zero attached hydrogens (tertiary/aromatic N) is 2. The van der Waals surface area contributed by atoms with Crippen molar-refractivity contribution in [2.45, 2.75) is 45.1 Å². The van der Waals surface area contributed by atoms with E-state index in [0.717, 1.165) is 42.9 Å². The monoisotopic (exact) mass is 403 g/mol. The van der Waals surface area contributed by atoms with Crippen LogP contribution in [0.1, 0.15) is 54.9 Å². The second kappa shape index (κ2) is 8.34. The van der Waals surface area contributed by atoms with E-state index in [9.17, 15) is 9.59 Å². The zero-order valence-corrected chi connectivity index (χ0v) is 17.7. The summed E-state index contributed by atoms with van der Waals surface area (Å²) in [6.07, 6.45) is 4.77. The van der Waals surface area contributed by atoms with Crippen molar-refractivity contribution in [2.75, 3.05) is 28.2 Å². The van der Waals surface area contributed by atoms with Gasteiger partial charge in [0.15, 0.2) is 0 Å². The number of amides is 2. The van der Waals surface area contributed by atoms with Crippen molar-refractivity contribution < 1.29 is 9.59 Å². The van der Waals surface area contributed by atoms with Gasteiger partial charge in [-0.05, 0) is 61.1 Å². The maximum atomic E-state index is 13.1. The number of fused-ring (bicyclic) bond motifs is 3. The van der Waals surface area contributed by atoms with Gasteiger partial charge in [0.2, 0.25) is 5.91 Å². The summed E-state index contributed by atoms with van der Waals surface area (Å²) in [4.78, 5) is 30.0. The molecule has 1 saturated heterocycles. The lowest BCUT2D eigenvalue weighted by Gasteiger charge is -2.45. The Morgan fingerprint density at radius 2 is 1.93 bits per heavy atom. The molecule has 2 aliphatic rings. The van der Waals surface area contributed by atoms with Crippen LogP contribution in [0.25, 0.3) is 0 Å². The molecule has 1 fully saturated rings. The predicted molar refractivity (Wildman–Crippen MR) is 122 cm³/mol. The quantitative estimate of drug-likeness (QED) is 0.719. The number of rotatable bonds is 5. The molecule has 0 unspecified atom stereocenters. The largest absolute Gasteiger partial charge is 0.358 e. The van der Waals surface area contributed by atoms with Gasteiger partial charge in [0.1, 0.15) is 6.04 Å². The molecule has 30 heavy (non-hydrogen) atoms. The molecular formula is C25H29N3O2. The van der Waals surface area contributed by atoms with Crippen LogP contribution < -0.4 is 15.1 Å². The number of hydrogen-bond donors (Lipinski definition) is 1. The first-order valence-corrected chi connectivity index (χ1v) is 10.7. The van der Waals surface area contributed by atoms with Gasteiger partial charge in [0.25, 0.3) is 5.91 Å². The second-order valence-corrected chi connectivity index (χ2v) is 8.38. The van der Waals surface area contributed by atoms with Crippen molar-refractivity contribution in [2.24, 2.45) is 0 Å². The molecule has 156 valence electrons. The average molecular weight is 404 g/mol. The molecule has 5 heteroatoms. The molecule has 4 rings (SSSR count). The molecule has 2 aliphatic heterocycles. The first-order valence-electron chi connectivity index (χ1n) is 10.7. The Hall–Kier alpha value is -3.08. The van der Waals surface area contributed by atoms with Gasteiger partial charge in [-0.15, -0.1) is 6.58 Å². The minimum Gasteiger partial charge on any atom is -0.358 e. The van der Waals surface area contributed by atoms with Crippen LogP contribution in [0.5, 0.6) is 0 Å². The molecule has 2 aromatic rings. The lowest BCUT2D eigenvalue weighted by Crippen LogP contribution is -2.55. The van der Waals surface area contributed by atoms with Crippen LogP contribution in [0.4, 0.5) is 17.1 Å². The first-order chi connectivity index (χ1) is 14.5. The Balaban J connectivity index is 1.62. The number of benzene rings is 2. The molecule has 2 aromatic carbocycles. The SMILES string of the molecule is C=CCN1C(=O)[C@H]2CCCCN2c2ccc(C(=O)Nc3ccc(C(C)C)cc3)cc21. The molecule has 0 aromatic heterocycles. The summed E-state index contributed by atoms with van der Waals surface area (Å²) >= 11 is 0. The summed E-state index contributed by atoms with van der Waals surface area (Å²) in [5, 5.41) is 2.97. The number of nitrogens with one attached hydrogen (secondary N) is 1. The highest BCUT2D eigenvalue weighted by Crippen LogP contribution is 2.40. The molecule has 0 bridgehead atoms. The van der Waals surface area contributed by atoms with Crippen molar-refractivity contribution in [3.8, 4) is 0 Å². The van der Waals surface area contributed by atoms with E-state index in [2.05, 4.69) is 30.6 Å². The number of anilines is 3. The van der Waals surface area contributed by atoms with Gasteiger partial charge in [-0.2, -0.15) is 0 Å². The molecule has 0 aliphatic carbocycles. The third kappa shape index (κ3) is 3.72. The Bertz CT molecular complexity index is 965. The van der Waals surface area contributed by atoms with E-state index in [1.165, 1.54) is 5.56 Å². The summed E-state index contributed by atoms with van der Waals surface area (Å²) < 4.78 is 0. The van der Waals surface area contributed by atoms with E-state index in [1.54, 1.807) is 11.0 Å². The summed E-state index contributed by atoms with van der Waals surface area (Å²) in [6, 6.07) is 13.5. The Labute approximate surface area is 178 Å². The van der Waals surface area contributed by atoms with E-state index in [1.807, 2.05) is 42.5 Å². The van der Waals surface area contributed by atoms with Crippen LogP contribution in [0.15, 0.2) is 55.1 Å². The Kier molecular flexibility index (Phi) is 5.62. The molecule has 5 nitrogen and oxygen atoms in total. The fourth-order valence-electron chi connectivity index (χ4n) is 4.37. The van der Waals surface area contributed by atoms with Crippen molar-refractivity contribution in [1.29, 1.82) is 0 Å². The molecule has 0 saturated carbocycles. The molecule has 0 spiro atoms. The van der Waals surface area contributed by atoms with E-state index in [0.29, 0.717) is 18.0 Å². The predicted octanol–water partition coefficient (Wildman–Crippen LogP) is 4.95. The lowest BCUT2D eigenvalue weighted by molar-refractivity contribution is -0.120. The van der Waals surface area contributed by atoms with Crippen molar-refractivity contribution in [3.63, 3.8) is 0 Å². The molecule has 1 atom stereocenters. The summed E-state index contributed by atoms with van der Waals surface area (Å²) in [5.74, 6) is 0.369. The highest BCUT2D eigenvalue weighted by molar-refractivity contribution is 6.09. The van der Waals surface area contributed by atoms with Crippen molar-refractivity contribution in [3.05, 3.63) is 66.2 Å². The highest BCUT2D eigenvalue weighted by atomic mass is 16.2. The minimum absolute atomic E-state index is 0.101. The number of piperidine rings is 1. The van der Waals surface area contributed by atoms with Gasteiger partial charge in [-0.3, -0.25) is 9.59 Å². The number of carbonyl (C=O) groups is 2. The highest BCUT2D eigenvalue weighted by Gasteiger charge is 2.39. The van der Waals surface area contributed by atoms with Crippen LogP contribution in [0, 0.1) is 0 Å². The normalized spacial score (nSPS) is 18.1. The smallest absolute Gasteiger partial charge is 0.255 e. The van der Waals surface area contributed by atoms with Crippen molar-refractivity contribution >= 4 is 28.9 Å². The fraction of sp³-hybridized carbons (Fsp3) is 0.360. The third-order valence-corrected chi connectivity index (χ3v) is 6.04. The molecule has 2 amide bonds. The van der Waals surface area contributed by atoms with Gasteiger partial charge in [0, 0.05) is 24.3 Å². The first kappa shape index (κ1) is 20.2. The summed E-state index contributed by atoms with van der Waals surface area (Å²) in [6.45, 7) is 9.41. The van der Waals surface area contributed by atoms with Gasteiger partial charge in [-0.1, -0.05) is 32.1 Å². The van der Waals surface area contributed by atoms with Crippen LogP contribution in [0.2, 0.25) is 0 Å². The number of hydrogen-bond acceptors (Lipinski definition) is 3. The van der Waals surface area contributed by atoms with E-state index >= 15 is 0 Å². The molecular weight excluding hydrogens is 374 g/mol. The van der Waals surface area contributed by atoms with Crippen molar-refractivity contribution in [1.82, 2.24) is 0 Å². The zero-order valence-electron chi connectivity index (χ0n) is 17.7. The summed E-state index contributed by atoms with van der Waals surface area (Å²) in [5.41, 5.74) is 4.35. The van der Waals surface area contributed by atoms with Crippen LogP contribution in [-0.4, -0.2) is 30.9 Å². The van der Waals surface area contributed by atoms with Crippen LogP contribution >= 0.6 is 0 Å². The van der Waals surface area contributed by atoms with Gasteiger partial charge in [-0.25, -0.2) is 0 Å².